The second-order valence-electron chi connectivity index (χ2n) is 8.50. The first kappa shape index (κ1) is 45.6. The van der Waals surface area contributed by atoms with E-state index in [9.17, 15) is 0 Å². The lowest BCUT2D eigenvalue weighted by Crippen LogP contribution is -2.14. The average Bonchev–Trinajstić information content (AvgIpc) is 3.04. The third-order valence-corrected chi connectivity index (χ3v) is 4.99. The van der Waals surface area contributed by atoms with Crippen molar-refractivity contribution >= 4 is 0 Å². The summed E-state index contributed by atoms with van der Waals surface area (Å²) in [6, 6.07) is 0. The predicted octanol–water partition coefficient (Wildman–Crippen LogP) is 1.50. The van der Waals surface area contributed by atoms with Gasteiger partial charge in [-0.25, -0.2) is 0 Å². The van der Waals surface area contributed by atoms with Crippen LogP contribution in [0.1, 0.15) is 13.8 Å². The van der Waals surface area contributed by atoms with Gasteiger partial charge in [0.25, 0.3) is 0 Å². The fraction of sp³-hybridized carbons (Fsp3) is 1.00. The third-order valence-electron chi connectivity index (χ3n) is 4.99. The van der Waals surface area contributed by atoms with E-state index in [0.717, 1.165) is 13.2 Å². The van der Waals surface area contributed by atoms with E-state index in [1.54, 1.807) is 14.2 Å². The molecule has 0 saturated heterocycles. The van der Waals surface area contributed by atoms with Crippen molar-refractivity contribution in [2.45, 2.75) is 13.8 Å². The fourth-order valence-electron chi connectivity index (χ4n) is 2.77. The molecule has 0 N–H and O–H groups in total. The first-order valence-electron chi connectivity index (χ1n) is 15.7. The monoisotopic (exact) mass is 648 g/mol. The highest BCUT2D eigenvalue weighted by atomic mass is 16.6. The van der Waals surface area contributed by atoms with Crippen molar-refractivity contribution in [1.29, 1.82) is 0 Å². The summed E-state index contributed by atoms with van der Waals surface area (Å²) in [5.74, 6) is 0. The van der Waals surface area contributed by atoms with E-state index in [4.69, 9.17) is 66.3 Å². The van der Waals surface area contributed by atoms with Crippen LogP contribution in [0.2, 0.25) is 0 Å². The van der Waals surface area contributed by atoms with Gasteiger partial charge in [-0.15, -0.1) is 0 Å². The minimum Gasteiger partial charge on any atom is -0.382 e. The number of methoxy groups -OCH3 is 2. The molecule has 0 aromatic carbocycles. The summed E-state index contributed by atoms with van der Waals surface area (Å²) in [6.07, 6.45) is 0. The van der Waals surface area contributed by atoms with E-state index in [0.29, 0.717) is 159 Å². The molecule has 0 bridgehead atoms. The van der Waals surface area contributed by atoms with Gasteiger partial charge in [0.05, 0.1) is 159 Å². The van der Waals surface area contributed by atoms with Crippen LogP contribution in [0.3, 0.4) is 0 Å². The molecule has 0 atom stereocenters. The molecular weight excluding hydrogens is 584 g/mol. The molecule has 0 aromatic rings. The van der Waals surface area contributed by atoms with Crippen molar-refractivity contribution in [2.24, 2.45) is 0 Å². The van der Waals surface area contributed by atoms with Crippen molar-refractivity contribution < 1.29 is 66.3 Å². The summed E-state index contributed by atoms with van der Waals surface area (Å²) in [7, 11) is 3.30. The van der Waals surface area contributed by atoms with E-state index in [1.165, 1.54) is 0 Å². The van der Waals surface area contributed by atoms with Crippen LogP contribution in [0, 0.1) is 0 Å². The predicted molar refractivity (Wildman–Crippen MR) is 165 cm³/mol. The molecule has 0 aliphatic rings. The van der Waals surface area contributed by atoms with Crippen LogP contribution in [0.4, 0.5) is 0 Å². The third kappa shape index (κ3) is 48.3. The Hall–Kier alpha value is -0.560. The summed E-state index contributed by atoms with van der Waals surface area (Å²) >= 11 is 0. The highest BCUT2D eigenvalue weighted by molar-refractivity contribution is 4.38. The normalized spacial score (nSPS) is 11.2. The van der Waals surface area contributed by atoms with E-state index in [-0.39, 0.29) is 0 Å². The van der Waals surface area contributed by atoms with Crippen LogP contribution in [0.25, 0.3) is 0 Å². The van der Waals surface area contributed by atoms with Gasteiger partial charge in [0.2, 0.25) is 0 Å². The smallest absolute Gasteiger partial charge is 0.0701 e. The zero-order chi connectivity index (χ0) is 32.3. The zero-order valence-electron chi connectivity index (χ0n) is 28.1. The minimum absolute atomic E-state index is 0.561. The Balaban J connectivity index is 0. The molecule has 0 aromatic heterocycles. The summed E-state index contributed by atoms with van der Waals surface area (Å²) in [5, 5.41) is 0. The van der Waals surface area contributed by atoms with Gasteiger partial charge in [-0.2, -0.15) is 0 Å². The van der Waals surface area contributed by atoms with Gasteiger partial charge in [0.1, 0.15) is 0 Å². The molecule has 0 spiro atoms. The van der Waals surface area contributed by atoms with E-state index >= 15 is 0 Å². The SMILES string of the molecule is CCOCCOCCOCCOCCOCCOCCOCC.COCCOCCOCCOCCOCCOCCOC. The van der Waals surface area contributed by atoms with Crippen LogP contribution in [0.5, 0.6) is 0 Å². The Labute approximate surface area is 266 Å². The van der Waals surface area contributed by atoms with Gasteiger partial charge in [0, 0.05) is 27.4 Å². The topological polar surface area (TPSA) is 129 Å². The lowest BCUT2D eigenvalue weighted by Gasteiger charge is -2.08. The van der Waals surface area contributed by atoms with Gasteiger partial charge in [-0.1, -0.05) is 0 Å². The maximum Gasteiger partial charge on any atom is 0.0701 e. The molecule has 0 aliphatic carbocycles. The molecule has 0 saturated carbocycles. The first-order valence-corrected chi connectivity index (χ1v) is 15.7. The van der Waals surface area contributed by atoms with Crippen LogP contribution < -0.4 is 0 Å². The quantitative estimate of drug-likeness (QED) is 0.0897. The van der Waals surface area contributed by atoms with E-state index < -0.39 is 0 Å². The maximum absolute atomic E-state index is 5.38. The van der Waals surface area contributed by atoms with Gasteiger partial charge in [-0.3, -0.25) is 0 Å². The summed E-state index contributed by atoms with van der Waals surface area (Å²) in [5.41, 5.74) is 0. The Kier molecular flexibility index (Phi) is 48.5. The molecule has 0 radical (unpaired) electrons. The van der Waals surface area contributed by atoms with Gasteiger partial charge in [-0.05, 0) is 13.8 Å². The van der Waals surface area contributed by atoms with Crippen LogP contribution in [-0.4, -0.2) is 186 Å². The molecule has 0 rings (SSSR count). The van der Waals surface area contributed by atoms with Gasteiger partial charge >= 0.3 is 0 Å². The molecule has 0 heterocycles. The molecular formula is C30H64O14. The molecule has 0 fully saturated rings. The van der Waals surface area contributed by atoms with Crippen LogP contribution in [0.15, 0.2) is 0 Å². The molecule has 0 aliphatic heterocycles. The number of hydrogen-bond acceptors (Lipinski definition) is 14. The van der Waals surface area contributed by atoms with Crippen LogP contribution >= 0.6 is 0 Å². The Bertz CT molecular complexity index is 427. The van der Waals surface area contributed by atoms with Crippen molar-refractivity contribution in [2.75, 3.05) is 186 Å². The Morgan fingerprint density at radius 1 is 0.205 bits per heavy atom. The van der Waals surface area contributed by atoms with Gasteiger partial charge < -0.3 is 66.3 Å². The highest BCUT2D eigenvalue weighted by Gasteiger charge is 1.95. The number of ether oxygens (including phenoxy) is 14. The van der Waals surface area contributed by atoms with Gasteiger partial charge in [0.15, 0.2) is 0 Å². The lowest BCUT2D eigenvalue weighted by atomic mass is 10.6. The Morgan fingerprint density at radius 3 is 0.477 bits per heavy atom. The molecule has 44 heavy (non-hydrogen) atoms. The van der Waals surface area contributed by atoms with Crippen molar-refractivity contribution in [3.05, 3.63) is 0 Å². The first-order chi connectivity index (χ1) is 21.8. The minimum atomic E-state index is 0.561. The number of hydrogen-bond donors (Lipinski definition) is 0. The van der Waals surface area contributed by atoms with E-state index in [1.807, 2.05) is 13.8 Å². The standard InChI is InChI=1S/C16H34O7.C14H30O7/c1-3-17-5-7-19-9-11-21-13-15-23-16-14-22-12-10-20-8-6-18-4-2;1-15-3-5-17-7-9-19-11-13-21-14-12-20-10-8-18-6-4-16-2/h3-16H2,1-2H3;3-14H2,1-2H3. The van der Waals surface area contributed by atoms with Crippen molar-refractivity contribution in [3.63, 3.8) is 0 Å². The molecule has 268 valence electrons. The van der Waals surface area contributed by atoms with Crippen LogP contribution in [-0.2, 0) is 66.3 Å². The maximum atomic E-state index is 5.38. The van der Waals surface area contributed by atoms with E-state index in [2.05, 4.69) is 0 Å². The second-order valence-corrected chi connectivity index (χ2v) is 8.50. The summed E-state index contributed by atoms with van der Waals surface area (Å²) in [6.45, 7) is 19.4. The van der Waals surface area contributed by atoms with Crippen molar-refractivity contribution in [1.82, 2.24) is 0 Å². The number of rotatable bonds is 38. The highest BCUT2D eigenvalue weighted by Crippen LogP contribution is 1.86. The molecule has 0 amide bonds. The summed E-state index contributed by atoms with van der Waals surface area (Å²) < 4.78 is 73.3. The lowest BCUT2D eigenvalue weighted by molar-refractivity contribution is -0.0197. The molecule has 0 unspecified atom stereocenters. The fourth-order valence-corrected chi connectivity index (χ4v) is 2.77. The zero-order valence-corrected chi connectivity index (χ0v) is 28.1. The molecule has 14 heteroatoms. The summed E-state index contributed by atoms with van der Waals surface area (Å²) in [4.78, 5) is 0. The largest absolute Gasteiger partial charge is 0.382 e. The second kappa shape index (κ2) is 46.9. The average molecular weight is 649 g/mol. The van der Waals surface area contributed by atoms with Crippen molar-refractivity contribution in [3.8, 4) is 0 Å². The Morgan fingerprint density at radius 2 is 0.341 bits per heavy atom. The molecule has 14 nitrogen and oxygen atoms in total.